The lowest BCUT2D eigenvalue weighted by molar-refractivity contribution is -0.138. The highest BCUT2D eigenvalue weighted by Crippen LogP contribution is 2.28. The Morgan fingerprint density at radius 3 is 2.30 bits per heavy atom. The van der Waals surface area contributed by atoms with E-state index in [2.05, 4.69) is 0 Å². The predicted molar refractivity (Wildman–Crippen MR) is 70.9 cm³/mol. The van der Waals surface area contributed by atoms with Gasteiger partial charge in [0.15, 0.2) is 0 Å². The lowest BCUT2D eigenvalue weighted by Crippen LogP contribution is -2.43. The van der Waals surface area contributed by atoms with Crippen LogP contribution < -0.4 is 5.73 Å². The molecule has 1 rings (SSSR count). The number of nitrogens with two attached hydrogens (primary N) is 1. The van der Waals surface area contributed by atoms with Crippen LogP contribution in [-0.4, -0.2) is 31.5 Å². The third-order valence-electron chi connectivity index (χ3n) is 2.49. The molecule has 0 aliphatic rings. The molecular weight excluding hydrogens is 317 g/mol. The molecule has 20 heavy (non-hydrogen) atoms. The summed E-state index contributed by atoms with van der Waals surface area (Å²) >= 11 is 5.67. The Bertz CT molecular complexity index is 588. The van der Waals surface area contributed by atoms with Gasteiger partial charge in [0.1, 0.15) is 6.54 Å². The zero-order chi connectivity index (χ0) is 15.7. The molecule has 0 radical (unpaired) electrons. The van der Waals surface area contributed by atoms with E-state index in [-0.39, 0.29) is 15.6 Å². The standard InChI is InChI=1S/C11H14ClF3N2O2S/c1-7(2)17(6-11(13,14)15)20(18,19)8-3-4-9(12)10(16)5-8/h3-5,7H,6,16H2,1-2H3. The van der Waals surface area contributed by atoms with Gasteiger partial charge in [-0.25, -0.2) is 8.42 Å². The van der Waals surface area contributed by atoms with Crippen LogP contribution in [0.25, 0.3) is 0 Å². The number of hydrogen-bond donors (Lipinski definition) is 1. The maximum absolute atomic E-state index is 12.5. The molecular formula is C11H14ClF3N2O2S. The molecule has 4 nitrogen and oxygen atoms in total. The SMILES string of the molecule is CC(C)N(CC(F)(F)F)S(=O)(=O)c1ccc(Cl)c(N)c1. The van der Waals surface area contributed by atoms with E-state index >= 15 is 0 Å². The second-order valence-corrected chi connectivity index (χ2v) is 6.74. The maximum atomic E-state index is 12.5. The number of sulfonamides is 1. The molecule has 0 atom stereocenters. The Hall–Kier alpha value is -0.990. The van der Waals surface area contributed by atoms with E-state index in [4.69, 9.17) is 17.3 Å². The molecule has 1 aromatic carbocycles. The van der Waals surface area contributed by atoms with Crippen LogP contribution in [0.15, 0.2) is 23.1 Å². The van der Waals surface area contributed by atoms with E-state index in [1.807, 2.05) is 0 Å². The fourth-order valence-corrected chi connectivity index (χ4v) is 3.32. The summed E-state index contributed by atoms with van der Waals surface area (Å²) < 4.78 is 62.4. The van der Waals surface area contributed by atoms with Gasteiger partial charge in [0.2, 0.25) is 10.0 Å². The molecule has 0 fully saturated rings. The van der Waals surface area contributed by atoms with Crippen molar-refractivity contribution in [3.8, 4) is 0 Å². The van der Waals surface area contributed by atoms with Gasteiger partial charge < -0.3 is 5.73 Å². The van der Waals surface area contributed by atoms with Crippen LogP contribution in [0.2, 0.25) is 5.02 Å². The lowest BCUT2D eigenvalue weighted by atomic mass is 10.3. The summed E-state index contributed by atoms with van der Waals surface area (Å²) in [5, 5.41) is 0.135. The van der Waals surface area contributed by atoms with Crippen molar-refractivity contribution in [1.29, 1.82) is 0 Å². The van der Waals surface area contributed by atoms with E-state index in [9.17, 15) is 21.6 Å². The maximum Gasteiger partial charge on any atom is 0.402 e. The first-order valence-corrected chi connectivity index (χ1v) is 7.40. The fourth-order valence-electron chi connectivity index (χ4n) is 1.54. The highest BCUT2D eigenvalue weighted by Gasteiger charge is 2.38. The molecule has 1 aromatic rings. The van der Waals surface area contributed by atoms with E-state index in [0.29, 0.717) is 4.31 Å². The molecule has 0 heterocycles. The molecule has 0 saturated heterocycles. The molecule has 0 bridgehead atoms. The first kappa shape index (κ1) is 17.1. The molecule has 0 saturated carbocycles. The van der Waals surface area contributed by atoms with E-state index in [0.717, 1.165) is 12.1 Å². The smallest absolute Gasteiger partial charge is 0.397 e. The number of anilines is 1. The van der Waals surface area contributed by atoms with Gasteiger partial charge in [-0.3, -0.25) is 0 Å². The average Bonchev–Trinajstić information content (AvgIpc) is 2.28. The summed E-state index contributed by atoms with van der Waals surface area (Å²) in [5.74, 6) is 0. The van der Waals surface area contributed by atoms with Crippen LogP contribution in [0.4, 0.5) is 18.9 Å². The summed E-state index contributed by atoms with van der Waals surface area (Å²) in [6, 6.07) is 2.55. The van der Waals surface area contributed by atoms with E-state index in [1.165, 1.54) is 19.9 Å². The van der Waals surface area contributed by atoms with Crippen molar-refractivity contribution >= 4 is 27.3 Å². The highest BCUT2D eigenvalue weighted by molar-refractivity contribution is 7.89. The van der Waals surface area contributed by atoms with Crippen molar-refractivity contribution in [3.63, 3.8) is 0 Å². The Morgan fingerprint density at radius 1 is 1.35 bits per heavy atom. The summed E-state index contributed by atoms with van der Waals surface area (Å²) in [5.41, 5.74) is 5.47. The molecule has 9 heteroatoms. The van der Waals surface area contributed by atoms with Crippen molar-refractivity contribution in [2.75, 3.05) is 12.3 Å². The Balaban J connectivity index is 3.26. The normalized spacial score (nSPS) is 13.2. The quantitative estimate of drug-likeness (QED) is 0.863. The van der Waals surface area contributed by atoms with Crippen molar-refractivity contribution in [2.45, 2.75) is 31.0 Å². The van der Waals surface area contributed by atoms with Crippen molar-refractivity contribution in [3.05, 3.63) is 23.2 Å². The molecule has 0 aliphatic carbocycles. The molecule has 0 spiro atoms. The largest absolute Gasteiger partial charge is 0.402 e. The summed E-state index contributed by atoms with van der Waals surface area (Å²) in [6.45, 7) is 1.17. The zero-order valence-electron chi connectivity index (χ0n) is 10.8. The first-order valence-electron chi connectivity index (χ1n) is 5.59. The second kappa shape index (κ2) is 5.79. The number of alkyl halides is 3. The number of halogens is 4. The van der Waals surface area contributed by atoms with Gasteiger partial charge in [0.05, 0.1) is 15.6 Å². The number of nitrogen functional groups attached to an aromatic ring is 1. The number of rotatable bonds is 4. The van der Waals surface area contributed by atoms with Crippen LogP contribution in [0.5, 0.6) is 0 Å². The number of hydrogen-bond acceptors (Lipinski definition) is 3. The van der Waals surface area contributed by atoms with Gasteiger partial charge in [0.25, 0.3) is 0 Å². The third-order valence-corrected chi connectivity index (χ3v) is 4.85. The number of nitrogens with zero attached hydrogens (tertiary/aromatic N) is 1. The minimum absolute atomic E-state index is 0.0107. The van der Waals surface area contributed by atoms with Gasteiger partial charge in [-0.05, 0) is 32.0 Å². The average molecular weight is 331 g/mol. The molecule has 0 aromatic heterocycles. The van der Waals surface area contributed by atoms with Crippen molar-refractivity contribution < 1.29 is 21.6 Å². The molecule has 0 aliphatic heterocycles. The van der Waals surface area contributed by atoms with Crippen LogP contribution in [-0.2, 0) is 10.0 Å². The minimum atomic E-state index is -4.63. The summed E-state index contributed by atoms with van der Waals surface area (Å²) in [7, 11) is -4.30. The van der Waals surface area contributed by atoms with Gasteiger partial charge >= 0.3 is 6.18 Å². The van der Waals surface area contributed by atoms with Crippen molar-refractivity contribution in [2.24, 2.45) is 0 Å². The lowest BCUT2D eigenvalue weighted by Gasteiger charge is -2.27. The van der Waals surface area contributed by atoms with Crippen molar-refractivity contribution in [1.82, 2.24) is 4.31 Å². The molecule has 2 N–H and O–H groups in total. The predicted octanol–water partition coefficient (Wildman–Crippen LogP) is 2.88. The Labute approximate surface area is 120 Å². The monoisotopic (exact) mass is 330 g/mol. The fraction of sp³-hybridized carbons (Fsp3) is 0.455. The molecule has 0 unspecified atom stereocenters. The molecule has 114 valence electrons. The first-order chi connectivity index (χ1) is 8.95. The van der Waals surface area contributed by atoms with Gasteiger partial charge in [-0.1, -0.05) is 11.6 Å². The van der Waals surface area contributed by atoms with Crippen LogP contribution >= 0.6 is 11.6 Å². The highest BCUT2D eigenvalue weighted by atomic mass is 35.5. The minimum Gasteiger partial charge on any atom is -0.397 e. The summed E-state index contributed by atoms with van der Waals surface area (Å²) in [4.78, 5) is -0.322. The van der Waals surface area contributed by atoms with Gasteiger partial charge in [0, 0.05) is 6.04 Å². The zero-order valence-corrected chi connectivity index (χ0v) is 12.4. The van der Waals surface area contributed by atoms with Crippen LogP contribution in [0.1, 0.15) is 13.8 Å². The molecule has 0 amide bonds. The number of benzene rings is 1. The third kappa shape index (κ3) is 4.00. The topological polar surface area (TPSA) is 63.4 Å². The van der Waals surface area contributed by atoms with E-state index < -0.39 is 28.8 Å². The van der Waals surface area contributed by atoms with Crippen LogP contribution in [0.3, 0.4) is 0 Å². The Kier molecular flexibility index (Phi) is 4.94. The van der Waals surface area contributed by atoms with Gasteiger partial charge in [-0.2, -0.15) is 17.5 Å². The summed E-state index contributed by atoms with van der Waals surface area (Å²) in [6.07, 6.45) is -4.63. The Morgan fingerprint density at radius 2 is 1.90 bits per heavy atom. The van der Waals surface area contributed by atoms with Crippen LogP contribution in [0, 0.1) is 0 Å². The van der Waals surface area contributed by atoms with Gasteiger partial charge in [-0.15, -0.1) is 0 Å². The second-order valence-electron chi connectivity index (χ2n) is 4.44. The van der Waals surface area contributed by atoms with E-state index in [1.54, 1.807) is 0 Å².